The summed E-state index contributed by atoms with van der Waals surface area (Å²) in [6.45, 7) is 0.538. The van der Waals surface area contributed by atoms with Gasteiger partial charge in [-0.15, -0.1) is 0 Å². The zero-order valence-corrected chi connectivity index (χ0v) is 14.3. The van der Waals surface area contributed by atoms with Crippen molar-refractivity contribution in [2.24, 2.45) is 0 Å². The molecule has 1 aromatic heterocycles. The van der Waals surface area contributed by atoms with Crippen LogP contribution in [0.25, 0.3) is 0 Å². The van der Waals surface area contributed by atoms with Crippen LogP contribution < -0.4 is 10.1 Å². The molecule has 4 nitrogen and oxygen atoms in total. The highest BCUT2D eigenvalue weighted by Gasteiger charge is 2.17. The van der Waals surface area contributed by atoms with Gasteiger partial charge >= 0.3 is 0 Å². The molecule has 1 atom stereocenters. The zero-order chi connectivity index (χ0) is 17.5. The van der Waals surface area contributed by atoms with Crippen molar-refractivity contribution in [2.45, 2.75) is 19.0 Å². The molecule has 0 spiro atoms. The second kappa shape index (κ2) is 8.20. The minimum Gasteiger partial charge on any atom is -0.497 e. The summed E-state index contributed by atoms with van der Waals surface area (Å²) >= 11 is 0. The highest BCUT2D eigenvalue weighted by Crippen LogP contribution is 2.25. The normalized spacial score (nSPS) is 11.7. The number of hydrogen-bond donors (Lipinski definition) is 1. The van der Waals surface area contributed by atoms with Crippen molar-refractivity contribution in [3.8, 4) is 5.75 Å². The predicted octanol–water partition coefficient (Wildman–Crippen LogP) is 3.79. The van der Waals surface area contributed by atoms with Crippen molar-refractivity contribution < 1.29 is 9.53 Å². The van der Waals surface area contributed by atoms with Crippen molar-refractivity contribution in [1.29, 1.82) is 0 Å². The molecule has 2 aromatic carbocycles. The average molecular weight is 334 g/mol. The highest BCUT2D eigenvalue weighted by molar-refractivity contribution is 5.76. The molecular weight excluding hydrogens is 312 g/mol. The van der Waals surface area contributed by atoms with Gasteiger partial charge < -0.3 is 14.6 Å². The maximum atomic E-state index is 12.5. The van der Waals surface area contributed by atoms with E-state index in [9.17, 15) is 4.79 Å². The quantitative estimate of drug-likeness (QED) is 0.714. The number of methoxy groups -OCH3 is 1. The Morgan fingerprint density at radius 3 is 2.52 bits per heavy atom. The first-order valence-corrected chi connectivity index (χ1v) is 8.33. The first kappa shape index (κ1) is 16.8. The fourth-order valence-electron chi connectivity index (χ4n) is 2.84. The van der Waals surface area contributed by atoms with Crippen LogP contribution in [0, 0.1) is 0 Å². The van der Waals surface area contributed by atoms with E-state index in [2.05, 4.69) is 9.88 Å². The van der Waals surface area contributed by atoms with Crippen LogP contribution in [-0.2, 0) is 11.3 Å². The Balaban J connectivity index is 1.73. The molecule has 128 valence electrons. The van der Waals surface area contributed by atoms with Gasteiger partial charge in [-0.3, -0.25) is 4.79 Å². The van der Waals surface area contributed by atoms with Crippen molar-refractivity contribution in [3.05, 3.63) is 90.3 Å². The highest BCUT2D eigenvalue weighted by atomic mass is 16.5. The molecule has 25 heavy (non-hydrogen) atoms. The molecule has 3 aromatic rings. The second-order valence-corrected chi connectivity index (χ2v) is 5.89. The molecule has 1 N–H and O–H groups in total. The van der Waals surface area contributed by atoms with E-state index < -0.39 is 0 Å². The lowest BCUT2D eigenvalue weighted by atomic mass is 10.0. The number of nitrogens with zero attached hydrogens (tertiary/aromatic N) is 1. The molecule has 0 aliphatic carbocycles. The molecule has 4 heteroatoms. The average Bonchev–Trinajstić information content (AvgIpc) is 3.20. The minimum absolute atomic E-state index is 0.0189. The summed E-state index contributed by atoms with van der Waals surface area (Å²) in [5.41, 5.74) is 2.14. The minimum atomic E-state index is -0.0686. The van der Waals surface area contributed by atoms with Gasteiger partial charge in [-0.25, -0.2) is 0 Å². The largest absolute Gasteiger partial charge is 0.497 e. The zero-order valence-electron chi connectivity index (χ0n) is 14.3. The SMILES string of the molecule is COc1cccc([C@H](CC(=O)NCc2ccccc2)n2cccc2)c1. The van der Waals surface area contributed by atoms with E-state index in [0.29, 0.717) is 13.0 Å². The van der Waals surface area contributed by atoms with E-state index >= 15 is 0 Å². The van der Waals surface area contributed by atoms with Crippen LogP contribution in [0.2, 0.25) is 0 Å². The Morgan fingerprint density at radius 2 is 1.80 bits per heavy atom. The molecule has 0 bridgehead atoms. The van der Waals surface area contributed by atoms with E-state index in [1.54, 1.807) is 7.11 Å². The van der Waals surface area contributed by atoms with Crippen molar-refractivity contribution in [2.75, 3.05) is 7.11 Å². The van der Waals surface area contributed by atoms with E-state index in [1.165, 1.54) is 0 Å². The summed E-state index contributed by atoms with van der Waals surface area (Å²) in [5, 5.41) is 3.01. The maximum Gasteiger partial charge on any atom is 0.222 e. The molecule has 0 aliphatic rings. The third kappa shape index (κ3) is 4.51. The summed E-state index contributed by atoms with van der Waals surface area (Å²) < 4.78 is 7.38. The summed E-state index contributed by atoms with van der Waals surface area (Å²) in [6, 6.07) is 21.7. The fraction of sp³-hybridized carbons (Fsp3) is 0.190. The smallest absolute Gasteiger partial charge is 0.222 e. The molecule has 1 heterocycles. The topological polar surface area (TPSA) is 43.3 Å². The van der Waals surface area contributed by atoms with Gasteiger partial charge in [0.05, 0.1) is 19.6 Å². The van der Waals surface area contributed by atoms with Crippen LogP contribution in [0.5, 0.6) is 5.75 Å². The van der Waals surface area contributed by atoms with Gasteiger partial charge in [-0.05, 0) is 35.4 Å². The molecule has 0 unspecified atom stereocenters. The van der Waals surface area contributed by atoms with E-state index in [0.717, 1.165) is 16.9 Å². The Labute approximate surface area is 148 Å². The summed E-state index contributed by atoms with van der Waals surface area (Å²) in [7, 11) is 1.65. The summed E-state index contributed by atoms with van der Waals surface area (Å²) in [6.07, 6.45) is 4.33. The Bertz CT molecular complexity index is 798. The summed E-state index contributed by atoms with van der Waals surface area (Å²) in [5.74, 6) is 0.810. The van der Waals surface area contributed by atoms with Crippen LogP contribution in [-0.4, -0.2) is 17.6 Å². The van der Waals surface area contributed by atoms with E-state index in [-0.39, 0.29) is 11.9 Å². The van der Waals surface area contributed by atoms with Crippen molar-refractivity contribution in [1.82, 2.24) is 9.88 Å². The van der Waals surface area contributed by atoms with Gasteiger partial charge in [0.25, 0.3) is 0 Å². The fourth-order valence-corrected chi connectivity index (χ4v) is 2.84. The number of benzene rings is 2. The van der Waals surface area contributed by atoms with Crippen molar-refractivity contribution in [3.63, 3.8) is 0 Å². The lowest BCUT2D eigenvalue weighted by molar-refractivity contribution is -0.121. The molecule has 0 aliphatic heterocycles. The van der Waals surface area contributed by atoms with Gasteiger partial charge in [0.15, 0.2) is 0 Å². The number of rotatable bonds is 7. The lowest BCUT2D eigenvalue weighted by Gasteiger charge is -2.20. The van der Waals surface area contributed by atoms with Gasteiger partial charge in [0.2, 0.25) is 5.91 Å². The number of aromatic nitrogens is 1. The van der Waals surface area contributed by atoms with Crippen LogP contribution >= 0.6 is 0 Å². The molecular formula is C21H22N2O2. The van der Waals surface area contributed by atoms with Crippen LogP contribution in [0.15, 0.2) is 79.1 Å². The predicted molar refractivity (Wildman–Crippen MR) is 98.5 cm³/mol. The Hall–Kier alpha value is -3.01. The Kier molecular flexibility index (Phi) is 5.52. The van der Waals surface area contributed by atoms with Crippen molar-refractivity contribution >= 4 is 5.91 Å². The molecule has 0 saturated carbocycles. The monoisotopic (exact) mass is 334 g/mol. The van der Waals surface area contributed by atoms with Gasteiger partial charge in [0.1, 0.15) is 5.75 Å². The maximum absolute atomic E-state index is 12.5. The number of nitrogens with one attached hydrogen (secondary N) is 1. The van der Waals surface area contributed by atoms with E-state index in [4.69, 9.17) is 4.74 Å². The summed E-state index contributed by atoms with van der Waals surface area (Å²) in [4.78, 5) is 12.5. The van der Waals surface area contributed by atoms with Gasteiger partial charge in [0, 0.05) is 18.9 Å². The van der Waals surface area contributed by atoms with E-state index in [1.807, 2.05) is 79.1 Å². The second-order valence-electron chi connectivity index (χ2n) is 5.89. The third-order valence-electron chi connectivity index (χ3n) is 4.18. The molecule has 0 saturated heterocycles. The molecule has 3 rings (SSSR count). The lowest BCUT2D eigenvalue weighted by Crippen LogP contribution is -2.26. The number of carbonyl (C=O) groups excluding carboxylic acids is 1. The molecule has 1 amide bonds. The van der Waals surface area contributed by atoms with Crippen LogP contribution in [0.3, 0.4) is 0 Å². The number of hydrogen-bond acceptors (Lipinski definition) is 2. The van der Waals surface area contributed by atoms with Crippen LogP contribution in [0.4, 0.5) is 0 Å². The first-order valence-electron chi connectivity index (χ1n) is 8.33. The Morgan fingerprint density at radius 1 is 1.04 bits per heavy atom. The standard InChI is InChI=1S/C21H22N2O2/c1-25-19-11-7-10-18(14-19)20(23-12-5-6-13-23)15-21(24)22-16-17-8-3-2-4-9-17/h2-14,20H,15-16H2,1H3,(H,22,24)/t20-/m0/s1. The third-order valence-corrected chi connectivity index (χ3v) is 4.18. The number of amides is 1. The van der Waals surface area contributed by atoms with Gasteiger partial charge in [-0.1, -0.05) is 42.5 Å². The number of carbonyl (C=O) groups is 1. The molecule has 0 radical (unpaired) electrons. The molecule has 0 fully saturated rings. The number of ether oxygens (including phenoxy) is 1. The van der Waals surface area contributed by atoms with Crippen LogP contribution in [0.1, 0.15) is 23.6 Å². The van der Waals surface area contributed by atoms with Gasteiger partial charge in [-0.2, -0.15) is 0 Å². The first-order chi connectivity index (χ1) is 12.3.